The van der Waals surface area contributed by atoms with Gasteiger partial charge in [-0.05, 0) is 67.1 Å². The summed E-state index contributed by atoms with van der Waals surface area (Å²) >= 11 is 0. The summed E-state index contributed by atoms with van der Waals surface area (Å²) in [6.07, 6.45) is 0. The highest BCUT2D eigenvalue weighted by atomic mass is 32.2. The van der Waals surface area contributed by atoms with E-state index in [1.807, 2.05) is 13.0 Å². The first-order valence-electron chi connectivity index (χ1n) is 11.1. The van der Waals surface area contributed by atoms with Crippen LogP contribution < -0.4 is 21.7 Å². The molecule has 10 heteroatoms. The molecule has 3 aromatic carbocycles. The zero-order valence-corrected chi connectivity index (χ0v) is 20.0. The summed E-state index contributed by atoms with van der Waals surface area (Å²) in [5, 5.41) is 2.67. The van der Waals surface area contributed by atoms with E-state index in [0.29, 0.717) is 28.3 Å². The van der Waals surface area contributed by atoms with Crippen LogP contribution in [0.25, 0.3) is 11.3 Å². The normalized spacial score (nSPS) is 12.4. The van der Waals surface area contributed by atoms with Crippen LogP contribution >= 0.6 is 0 Å². The third-order valence-electron chi connectivity index (χ3n) is 5.73. The van der Waals surface area contributed by atoms with Crippen LogP contribution in [-0.2, 0) is 15.6 Å². The Morgan fingerprint density at radius 2 is 1.69 bits per heavy atom. The van der Waals surface area contributed by atoms with Crippen molar-refractivity contribution in [3.05, 3.63) is 101 Å². The SMILES string of the molecule is Cc1ccc(S(=O)(=O)Cc2ccc(NC(=O)c3cc(-c4ccc5c(n4)NNN5)ccc3F)cc2)cc1. The zero-order valence-electron chi connectivity index (χ0n) is 19.2. The first-order chi connectivity index (χ1) is 17.3. The summed E-state index contributed by atoms with van der Waals surface area (Å²) in [5.41, 5.74) is 12.2. The molecule has 4 aromatic rings. The number of hydrazine groups is 2. The van der Waals surface area contributed by atoms with Gasteiger partial charge in [0.05, 0.1) is 27.6 Å². The van der Waals surface area contributed by atoms with Crippen LogP contribution in [-0.4, -0.2) is 19.3 Å². The maximum atomic E-state index is 14.5. The fourth-order valence-electron chi connectivity index (χ4n) is 3.76. The molecule has 2 heterocycles. The van der Waals surface area contributed by atoms with E-state index in [-0.39, 0.29) is 16.2 Å². The summed E-state index contributed by atoms with van der Waals surface area (Å²) < 4.78 is 39.9. The Balaban J connectivity index is 1.30. The van der Waals surface area contributed by atoms with E-state index in [1.54, 1.807) is 60.7 Å². The molecule has 0 fully saturated rings. The number of pyridine rings is 1. The number of nitrogens with one attached hydrogen (secondary N) is 4. The van der Waals surface area contributed by atoms with Gasteiger partial charge in [0.25, 0.3) is 5.91 Å². The van der Waals surface area contributed by atoms with Gasteiger partial charge in [-0.15, -0.1) is 5.53 Å². The number of hydrogen-bond donors (Lipinski definition) is 4. The topological polar surface area (TPSA) is 112 Å². The second-order valence-corrected chi connectivity index (χ2v) is 10.4. The number of rotatable bonds is 6. The number of aryl methyl sites for hydroxylation is 1. The molecule has 4 N–H and O–H groups in total. The molecule has 182 valence electrons. The number of carbonyl (C=O) groups excluding carboxylic acids is 1. The lowest BCUT2D eigenvalue weighted by Gasteiger charge is -2.10. The van der Waals surface area contributed by atoms with E-state index in [1.165, 1.54) is 12.1 Å². The minimum Gasteiger partial charge on any atom is -0.322 e. The number of amides is 1. The van der Waals surface area contributed by atoms with Crippen molar-refractivity contribution < 1.29 is 17.6 Å². The average molecular weight is 504 g/mol. The molecule has 1 amide bonds. The first-order valence-corrected chi connectivity index (χ1v) is 12.7. The Morgan fingerprint density at radius 3 is 2.44 bits per heavy atom. The monoisotopic (exact) mass is 503 g/mol. The quantitative estimate of drug-likeness (QED) is 0.302. The van der Waals surface area contributed by atoms with E-state index in [4.69, 9.17) is 0 Å². The smallest absolute Gasteiger partial charge is 0.258 e. The van der Waals surface area contributed by atoms with Crippen LogP contribution in [0.2, 0.25) is 0 Å². The van der Waals surface area contributed by atoms with Crippen LogP contribution in [0, 0.1) is 12.7 Å². The van der Waals surface area contributed by atoms with Crippen LogP contribution in [0.5, 0.6) is 0 Å². The molecule has 1 aromatic heterocycles. The summed E-state index contributed by atoms with van der Waals surface area (Å²) in [5.74, 6) is -0.877. The van der Waals surface area contributed by atoms with Gasteiger partial charge in [0.2, 0.25) is 0 Å². The standard InChI is InChI=1S/C26H22FN5O3S/c1-16-2-9-20(10-3-16)36(34,35)15-17-4-7-19(8-5-17)28-26(33)21-14-18(6-11-22(21)27)23-12-13-24-25(29-23)31-32-30-24/h2-14,30,32H,15H2,1H3,(H,28,33)(H,29,31). The van der Waals surface area contributed by atoms with Gasteiger partial charge in [0, 0.05) is 11.3 Å². The number of anilines is 3. The van der Waals surface area contributed by atoms with Crippen molar-refractivity contribution in [1.82, 2.24) is 10.5 Å². The largest absolute Gasteiger partial charge is 0.322 e. The molecule has 1 aliphatic rings. The molecular weight excluding hydrogens is 481 g/mol. The van der Waals surface area contributed by atoms with Gasteiger partial charge in [-0.1, -0.05) is 29.8 Å². The average Bonchev–Trinajstić information content (AvgIpc) is 3.33. The van der Waals surface area contributed by atoms with Gasteiger partial charge in [0.15, 0.2) is 15.7 Å². The Kier molecular flexibility index (Phi) is 6.13. The maximum Gasteiger partial charge on any atom is 0.258 e. The number of nitrogens with zero attached hydrogens (tertiary/aromatic N) is 1. The number of aromatic nitrogens is 1. The molecule has 0 atom stereocenters. The second kappa shape index (κ2) is 9.40. The molecule has 1 aliphatic heterocycles. The van der Waals surface area contributed by atoms with Crippen LogP contribution in [0.4, 0.5) is 21.6 Å². The Hall–Kier alpha value is -4.28. The van der Waals surface area contributed by atoms with Gasteiger partial charge < -0.3 is 10.7 Å². The number of carbonyl (C=O) groups is 1. The fraction of sp³-hybridized carbons (Fsp3) is 0.0769. The van der Waals surface area contributed by atoms with Crippen LogP contribution in [0.15, 0.2) is 83.8 Å². The molecule has 36 heavy (non-hydrogen) atoms. The Morgan fingerprint density at radius 1 is 0.944 bits per heavy atom. The highest BCUT2D eigenvalue weighted by molar-refractivity contribution is 7.90. The van der Waals surface area contributed by atoms with E-state index < -0.39 is 21.6 Å². The predicted molar refractivity (Wildman–Crippen MR) is 136 cm³/mol. The Labute approximate surface area is 207 Å². The Bertz CT molecular complexity index is 1560. The summed E-state index contributed by atoms with van der Waals surface area (Å²) in [6.45, 7) is 1.89. The summed E-state index contributed by atoms with van der Waals surface area (Å²) in [6, 6.07) is 20.9. The molecular formula is C26H22FN5O3S. The summed E-state index contributed by atoms with van der Waals surface area (Å²) in [4.78, 5) is 17.5. The number of fused-ring (bicyclic) bond motifs is 1. The maximum absolute atomic E-state index is 14.5. The van der Waals surface area contributed by atoms with Crippen molar-refractivity contribution in [2.45, 2.75) is 17.6 Å². The summed E-state index contributed by atoms with van der Waals surface area (Å²) in [7, 11) is -3.50. The molecule has 0 spiro atoms. The van der Waals surface area contributed by atoms with Gasteiger partial charge in [-0.25, -0.2) is 17.8 Å². The highest BCUT2D eigenvalue weighted by Crippen LogP contribution is 2.28. The third kappa shape index (κ3) is 4.90. The predicted octanol–water partition coefficient (Wildman–Crippen LogP) is 4.68. The molecule has 0 saturated carbocycles. The van der Waals surface area contributed by atoms with Crippen LogP contribution in [0.1, 0.15) is 21.5 Å². The second-order valence-electron chi connectivity index (χ2n) is 8.39. The van der Waals surface area contributed by atoms with Crippen molar-refractivity contribution in [3.63, 3.8) is 0 Å². The fourth-order valence-corrected chi connectivity index (χ4v) is 5.11. The van der Waals surface area contributed by atoms with Crippen molar-refractivity contribution >= 4 is 32.9 Å². The molecule has 5 rings (SSSR count). The highest BCUT2D eigenvalue weighted by Gasteiger charge is 2.18. The first kappa shape index (κ1) is 23.5. The van der Waals surface area contributed by atoms with Crippen molar-refractivity contribution in [2.24, 2.45) is 0 Å². The molecule has 8 nitrogen and oxygen atoms in total. The number of benzene rings is 3. The van der Waals surface area contributed by atoms with Gasteiger partial charge in [-0.2, -0.15) is 0 Å². The minimum absolute atomic E-state index is 0.134. The van der Waals surface area contributed by atoms with E-state index >= 15 is 0 Å². The number of sulfone groups is 1. The minimum atomic E-state index is -3.50. The van der Waals surface area contributed by atoms with Crippen molar-refractivity contribution in [2.75, 3.05) is 16.2 Å². The third-order valence-corrected chi connectivity index (χ3v) is 7.43. The zero-order chi connectivity index (χ0) is 25.3. The van der Waals surface area contributed by atoms with E-state index in [9.17, 15) is 17.6 Å². The molecule has 0 aliphatic carbocycles. The molecule has 0 bridgehead atoms. The lowest BCUT2D eigenvalue weighted by atomic mass is 10.1. The van der Waals surface area contributed by atoms with Gasteiger partial charge in [0.1, 0.15) is 5.82 Å². The van der Waals surface area contributed by atoms with E-state index in [0.717, 1.165) is 11.3 Å². The molecule has 0 saturated heterocycles. The van der Waals surface area contributed by atoms with E-state index in [2.05, 4.69) is 26.7 Å². The molecule has 0 unspecified atom stereocenters. The number of hydrogen-bond acceptors (Lipinski definition) is 7. The lowest BCUT2D eigenvalue weighted by Crippen LogP contribution is -2.19. The van der Waals surface area contributed by atoms with Crippen molar-refractivity contribution in [1.29, 1.82) is 0 Å². The molecule has 0 radical (unpaired) electrons. The van der Waals surface area contributed by atoms with Gasteiger partial charge >= 0.3 is 0 Å². The van der Waals surface area contributed by atoms with Gasteiger partial charge in [-0.3, -0.25) is 10.2 Å². The van der Waals surface area contributed by atoms with Crippen LogP contribution in [0.3, 0.4) is 0 Å². The van der Waals surface area contributed by atoms with Crippen molar-refractivity contribution in [3.8, 4) is 11.3 Å². The lowest BCUT2D eigenvalue weighted by molar-refractivity contribution is 0.102. The number of halogens is 1.